The van der Waals surface area contributed by atoms with Crippen molar-refractivity contribution in [3.05, 3.63) is 91.5 Å². The van der Waals surface area contributed by atoms with Gasteiger partial charge in [0.2, 0.25) is 0 Å². The Morgan fingerprint density at radius 3 is 1.68 bits per heavy atom. The summed E-state index contributed by atoms with van der Waals surface area (Å²) in [7, 11) is 0.907. The highest BCUT2D eigenvalue weighted by atomic mass is 28.6. The number of carbonyl (C=O) groups is 1. The van der Waals surface area contributed by atoms with Gasteiger partial charge in [0, 0.05) is 81.2 Å². The minimum Gasteiger partial charge on any atom is -0.463 e. The molecule has 0 spiro atoms. The molecule has 1 saturated heterocycles. The summed E-state index contributed by atoms with van der Waals surface area (Å²) in [5.74, 6) is 1.20. The second-order valence-electron chi connectivity index (χ2n) is 19.8. The number of aromatic nitrogens is 4. The van der Waals surface area contributed by atoms with Gasteiger partial charge in [-0.2, -0.15) is 0 Å². The Kier molecular flexibility index (Phi) is 30.6. The van der Waals surface area contributed by atoms with Crippen molar-refractivity contribution in [2.75, 3.05) is 60.0 Å². The summed E-state index contributed by atoms with van der Waals surface area (Å²) in [5.41, 5.74) is 15.7. The summed E-state index contributed by atoms with van der Waals surface area (Å²) in [6.45, 7) is 7.73. The van der Waals surface area contributed by atoms with Gasteiger partial charge in [-0.05, 0) is 100.0 Å². The van der Waals surface area contributed by atoms with Gasteiger partial charge in [-0.15, -0.1) is 0 Å². The SMILES string of the molecule is C=CC(=O)OCCCCCCCCCCCC.CO[Si](CCCN)(OC)O[Si](CCCCc1ccc(N=Nc2n(C)cc[n+]2C)cc1)(OC)O[Si]1(CCCN)O[Si](CCCNc2ccc(N=Nc3n(C)cc[n+]3C)cc2)(OC)O1. The van der Waals surface area contributed by atoms with Crippen LogP contribution >= 0.6 is 0 Å². The lowest BCUT2D eigenvalue weighted by molar-refractivity contribution is -0.657. The van der Waals surface area contributed by atoms with E-state index in [1.54, 1.807) is 28.4 Å². The lowest BCUT2D eigenvalue weighted by Crippen LogP contribution is -2.76. The number of imidazole rings is 2. The number of azo groups is 2. The average Bonchev–Trinajstić information content (AvgIpc) is 4.09. The smallest absolute Gasteiger partial charge is 0.463 e. The van der Waals surface area contributed by atoms with Gasteiger partial charge < -0.3 is 55.7 Å². The minimum atomic E-state index is -3.59. The Morgan fingerprint density at radius 1 is 0.671 bits per heavy atom. The van der Waals surface area contributed by atoms with Crippen molar-refractivity contribution in [1.82, 2.24) is 9.13 Å². The lowest BCUT2D eigenvalue weighted by Gasteiger charge is -2.52. The van der Waals surface area contributed by atoms with Gasteiger partial charge in [0.1, 0.15) is 11.4 Å². The number of rotatable bonds is 40. The van der Waals surface area contributed by atoms with E-state index in [9.17, 15) is 4.79 Å². The predicted octanol–water partition coefficient (Wildman–Crippen LogP) is 10.4. The van der Waals surface area contributed by atoms with Crippen LogP contribution in [-0.2, 0) is 78.3 Å². The number of ether oxygens (including phenoxy) is 1. The van der Waals surface area contributed by atoms with E-state index in [0.717, 1.165) is 61.1 Å². The third-order valence-electron chi connectivity index (χ3n) is 13.6. The quantitative estimate of drug-likeness (QED) is 0.00941. The predicted molar refractivity (Wildman–Crippen MR) is 315 cm³/mol. The van der Waals surface area contributed by atoms with E-state index >= 15 is 0 Å². The normalized spacial score (nSPS) is 17.2. The van der Waals surface area contributed by atoms with Crippen LogP contribution in [0.5, 0.6) is 0 Å². The van der Waals surface area contributed by atoms with Crippen molar-refractivity contribution in [2.45, 2.75) is 134 Å². The number of esters is 1. The summed E-state index contributed by atoms with van der Waals surface area (Å²) >= 11 is 0. The molecule has 4 aromatic rings. The van der Waals surface area contributed by atoms with E-state index in [0.29, 0.717) is 63.3 Å². The van der Waals surface area contributed by atoms with Crippen LogP contribution in [-0.4, -0.2) is 105 Å². The molecule has 5 rings (SSSR count). The first-order valence-corrected chi connectivity index (χ1v) is 35.9. The Morgan fingerprint density at radius 2 is 1.19 bits per heavy atom. The number of unbranched alkanes of at least 4 members (excludes halogenated alkanes) is 10. The number of carbonyl (C=O) groups excluding carboxylic acids is 1. The zero-order valence-corrected chi connectivity index (χ0v) is 53.0. The van der Waals surface area contributed by atoms with Gasteiger partial charge >= 0.3 is 53.1 Å². The van der Waals surface area contributed by atoms with Crippen molar-refractivity contribution in [3.63, 3.8) is 0 Å². The van der Waals surface area contributed by atoms with E-state index in [2.05, 4.69) is 51.4 Å². The molecule has 1 aliphatic heterocycles. The summed E-state index contributed by atoms with van der Waals surface area (Å²) < 4.78 is 64.7. The Bertz CT molecular complexity index is 2370. The fourth-order valence-corrected chi connectivity index (χ4v) is 26.9. The van der Waals surface area contributed by atoms with Gasteiger partial charge in [0.25, 0.3) is 0 Å². The molecule has 0 bridgehead atoms. The summed E-state index contributed by atoms with van der Waals surface area (Å²) in [4.78, 5) is 10.7. The number of aryl methyl sites for hydroxylation is 5. The Balaban J connectivity index is 0.000000679. The highest BCUT2D eigenvalue weighted by Gasteiger charge is 2.70. The number of nitrogens with zero attached hydrogens (tertiary/aromatic N) is 8. The molecule has 1 atom stereocenters. The zero-order valence-electron chi connectivity index (χ0n) is 49.0. The highest BCUT2D eigenvalue weighted by Crippen LogP contribution is 2.43. The monoisotopic (exact) mass is 1170 g/mol. The van der Waals surface area contributed by atoms with Gasteiger partial charge in [0.05, 0.1) is 59.6 Å². The molecule has 5 N–H and O–H groups in total. The molecule has 21 nitrogen and oxygen atoms in total. The molecule has 0 radical (unpaired) electrons. The fraction of sp³-hybridized carbons (Fsp3) is 0.611. The van der Waals surface area contributed by atoms with E-state index in [1.807, 2.05) is 108 Å². The van der Waals surface area contributed by atoms with Crippen molar-refractivity contribution >= 4 is 70.1 Å². The van der Waals surface area contributed by atoms with Crippen LogP contribution in [0.2, 0.25) is 24.2 Å². The van der Waals surface area contributed by atoms with Crippen molar-refractivity contribution in [1.29, 1.82) is 0 Å². The van der Waals surface area contributed by atoms with Crippen LogP contribution in [0.1, 0.15) is 109 Å². The van der Waals surface area contributed by atoms with E-state index in [4.69, 9.17) is 50.4 Å². The van der Waals surface area contributed by atoms with Crippen molar-refractivity contribution < 1.29 is 52.8 Å². The molecular formula is C54H95N11O10Si4+2. The molecule has 440 valence electrons. The second-order valence-corrected chi connectivity index (χ2v) is 32.1. The fourth-order valence-electron chi connectivity index (χ4n) is 8.86. The number of hydrogen-bond acceptors (Lipinski definition) is 17. The molecular weight excluding hydrogens is 1080 g/mol. The Labute approximate surface area is 475 Å². The molecule has 1 unspecified atom stereocenters. The Hall–Kier alpha value is -4.46. The first-order chi connectivity index (χ1) is 38.2. The number of hydrogen-bond donors (Lipinski definition) is 3. The average molecular weight is 1170 g/mol. The summed E-state index contributed by atoms with van der Waals surface area (Å²) in [6, 6.07) is 18.1. The number of nitrogens with one attached hydrogen (secondary N) is 1. The summed E-state index contributed by atoms with van der Waals surface area (Å²) in [5, 5.41) is 21.1. The standard InChI is InChI=1S/C39H66N11O8Si4.C15H28O2/c1-47-26-27-48(2)38(47)45-43-36-17-15-34(16-18-36)14-9-10-30-60(53-7,55-59(51-5,52-6)31-11-23-40)56-62(32-12-24-41)57-61(54-8,58-62)33-13-25-42-35-19-21-37(22-20-35)44-46-39-49(3)28-29-50(39)4;1-3-5-6-7-8-9-10-11-12-13-14-17-15(16)4-2/h15-22,26-29H,9-14,23-25,30-33,40-41H2,1-8H3;4H,2-3,5-14H2,1H3/q+1;/p+1. The lowest BCUT2D eigenvalue weighted by atomic mass is 10.1. The molecule has 0 amide bonds. The number of benzene rings is 2. The maximum atomic E-state index is 10.7. The molecule has 2 aromatic carbocycles. The van der Waals surface area contributed by atoms with Crippen LogP contribution in [0.15, 0.2) is 106 Å². The summed E-state index contributed by atoms with van der Waals surface area (Å²) in [6.07, 6.45) is 26.4. The van der Waals surface area contributed by atoms with Gasteiger partial charge in [0.15, 0.2) is 0 Å². The number of nitrogens with two attached hydrogens (primary N) is 2. The number of anilines is 1. The molecule has 0 saturated carbocycles. The third-order valence-corrected chi connectivity index (χ3v) is 29.9. The van der Waals surface area contributed by atoms with Gasteiger partial charge in [-0.1, -0.05) is 93.7 Å². The van der Waals surface area contributed by atoms with E-state index in [-0.39, 0.29) is 5.97 Å². The molecule has 1 fully saturated rings. The third kappa shape index (κ3) is 22.8. The molecule has 79 heavy (non-hydrogen) atoms. The van der Waals surface area contributed by atoms with Crippen LogP contribution in [0.25, 0.3) is 0 Å². The van der Waals surface area contributed by atoms with Crippen molar-refractivity contribution in [2.24, 2.45) is 60.1 Å². The zero-order chi connectivity index (χ0) is 57.4. The molecule has 1 aliphatic rings. The maximum absolute atomic E-state index is 10.7. The highest BCUT2D eigenvalue weighted by molar-refractivity contribution is 6.92. The van der Waals surface area contributed by atoms with Crippen LogP contribution in [0.4, 0.5) is 29.0 Å². The minimum absolute atomic E-state index is 0.305. The van der Waals surface area contributed by atoms with Gasteiger partial charge in [-0.25, -0.2) is 23.1 Å². The van der Waals surface area contributed by atoms with Crippen LogP contribution in [0.3, 0.4) is 0 Å². The van der Waals surface area contributed by atoms with Gasteiger partial charge in [-0.3, -0.25) is 0 Å². The van der Waals surface area contributed by atoms with Crippen LogP contribution < -0.4 is 25.9 Å². The van der Waals surface area contributed by atoms with Crippen LogP contribution in [0, 0.1) is 0 Å². The second kappa shape index (κ2) is 36.1. The van der Waals surface area contributed by atoms with Crippen molar-refractivity contribution in [3.8, 4) is 0 Å². The first kappa shape index (κ1) is 67.0. The molecule has 25 heteroatoms. The molecule has 2 aromatic heterocycles. The maximum Gasteiger partial charge on any atom is 0.493 e. The van der Waals surface area contributed by atoms with E-state index in [1.165, 1.54) is 69.4 Å². The van der Waals surface area contributed by atoms with E-state index < -0.39 is 35.2 Å². The largest absolute Gasteiger partial charge is 0.493 e. The molecule has 3 heterocycles. The topological polar surface area (TPSA) is 231 Å². The molecule has 0 aliphatic carbocycles. The first-order valence-electron chi connectivity index (χ1n) is 28.2.